The monoisotopic (exact) mass is 294 g/mol. The SMILES string of the molecule is CC(C)c1cc(=O)oc2cc(OCc3ccccc3)ccc12. The first kappa shape index (κ1) is 14.4. The molecule has 1 heterocycles. The molecule has 1 aromatic heterocycles. The third-order valence-electron chi connectivity index (χ3n) is 3.62. The standard InChI is InChI=1S/C19H18O3/c1-13(2)17-11-19(20)22-18-10-15(8-9-16(17)18)21-12-14-6-4-3-5-7-14/h3-11,13H,12H2,1-2H3. The minimum Gasteiger partial charge on any atom is -0.489 e. The van der Waals surface area contributed by atoms with Crippen LogP contribution in [0.1, 0.15) is 30.9 Å². The van der Waals surface area contributed by atoms with Gasteiger partial charge in [-0.2, -0.15) is 0 Å². The van der Waals surface area contributed by atoms with E-state index in [1.165, 1.54) is 0 Å². The van der Waals surface area contributed by atoms with E-state index in [0.29, 0.717) is 17.9 Å². The maximum Gasteiger partial charge on any atom is 0.336 e. The summed E-state index contributed by atoms with van der Waals surface area (Å²) in [5.41, 5.74) is 2.35. The van der Waals surface area contributed by atoms with Crippen LogP contribution in [-0.2, 0) is 6.61 Å². The quantitative estimate of drug-likeness (QED) is 0.665. The highest BCUT2D eigenvalue weighted by Gasteiger charge is 2.10. The summed E-state index contributed by atoms with van der Waals surface area (Å²) in [5, 5.41) is 0.960. The Kier molecular flexibility index (Phi) is 3.96. The van der Waals surface area contributed by atoms with Crippen molar-refractivity contribution in [3.05, 3.63) is 76.1 Å². The van der Waals surface area contributed by atoms with Gasteiger partial charge in [0.1, 0.15) is 17.9 Å². The zero-order valence-electron chi connectivity index (χ0n) is 12.7. The minimum atomic E-state index is -0.323. The highest BCUT2D eigenvalue weighted by Crippen LogP contribution is 2.27. The molecule has 0 radical (unpaired) electrons. The molecular weight excluding hydrogens is 276 g/mol. The molecule has 0 atom stereocenters. The first-order valence-electron chi connectivity index (χ1n) is 7.38. The van der Waals surface area contributed by atoms with E-state index in [2.05, 4.69) is 13.8 Å². The summed E-state index contributed by atoms with van der Waals surface area (Å²) in [7, 11) is 0. The third-order valence-corrected chi connectivity index (χ3v) is 3.62. The molecule has 0 spiro atoms. The third kappa shape index (κ3) is 3.03. The first-order valence-corrected chi connectivity index (χ1v) is 7.38. The van der Waals surface area contributed by atoms with Gasteiger partial charge in [-0.15, -0.1) is 0 Å². The fraction of sp³-hybridized carbons (Fsp3) is 0.211. The van der Waals surface area contributed by atoms with E-state index in [-0.39, 0.29) is 11.5 Å². The molecule has 0 N–H and O–H groups in total. The lowest BCUT2D eigenvalue weighted by Crippen LogP contribution is -2.02. The highest BCUT2D eigenvalue weighted by molar-refractivity contribution is 5.82. The van der Waals surface area contributed by atoms with E-state index < -0.39 is 0 Å². The maximum atomic E-state index is 11.7. The van der Waals surface area contributed by atoms with Crippen LogP contribution < -0.4 is 10.4 Å². The zero-order chi connectivity index (χ0) is 15.5. The van der Waals surface area contributed by atoms with E-state index in [0.717, 1.165) is 16.5 Å². The van der Waals surface area contributed by atoms with Crippen LogP contribution >= 0.6 is 0 Å². The van der Waals surface area contributed by atoms with Gasteiger partial charge >= 0.3 is 5.63 Å². The molecule has 0 aliphatic rings. The summed E-state index contributed by atoms with van der Waals surface area (Å²) in [6.07, 6.45) is 0. The Bertz CT molecular complexity index is 832. The topological polar surface area (TPSA) is 39.4 Å². The minimum absolute atomic E-state index is 0.266. The van der Waals surface area contributed by atoms with Crippen molar-refractivity contribution in [2.75, 3.05) is 0 Å². The van der Waals surface area contributed by atoms with Crippen molar-refractivity contribution in [3.8, 4) is 5.75 Å². The van der Waals surface area contributed by atoms with E-state index in [9.17, 15) is 4.79 Å². The molecule has 0 saturated carbocycles. The molecule has 0 saturated heterocycles. The summed E-state index contributed by atoms with van der Waals surface area (Å²) < 4.78 is 11.1. The second-order valence-corrected chi connectivity index (χ2v) is 5.61. The van der Waals surface area contributed by atoms with Crippen molar-refractivity contribution in [1.29, 1.82) is 0 Å². The van der Waals surface area contributed by atoms with Gasteiger partial charge in [0.05, 0.1) is 0 Å². The van der Waals surface area contributed by atoms with Gasteiger partial charge in [0.25, 0.3) is 0 Å². The van der Waals surface area contributed by atoms with Crippen molar-refractivity contribution in [2.24, 2.45) is 0 Å². The Hall–Kier alpha value is -2.55. The molecule has 0 unspecified atom stereocenters. The summed E-state index contributed by atoms with van der Waals surface area (Å²) in [6.45, 7) is 4.61. The second kappa shape index (κ2) is 6.06. The molecule has 3 heteroatoms. The van der Waals surface area contributed by atoms with E-state index in [1.54, 1.807) is 12.1 Å². The van der Waals surface area contributed by atoms with Crippen LogP contribution in [0.4, 0.5) is 0 Å². The lowest BCUT2D eigenvalue weighted by molar-refractivity contribution is 0.306. The van der Waals surface area contributed by atoms with Crippen molar-refractivity contribution >= 4 is 11.0 Å². The molecule has 0 amide bonds. The average molecular weight is 294 g/mol. The van der Waals surface area contributed by atoms with Gasteiger partial charge < -0.3 is 9.15 Å². The predicted octanol–water partition coefficient (Wildman–Crippen LogP) is 4.50. The summed E-state index contributed by atoms with van der Waals surface area (Å²) in [6, 6.07) is 17.2. The van der Waals surface area contributed by atoms with Crippen molar-refractivity contribution < 1.29 is 9.15 Å². The van der Waals surface area contributed by atoms with Gasteiger partial charge in [0, 0.05) is 17.5 Å². The molecule has 112 valence electrons. The number of rotatable bonds is 4. The molecule has 0 fully saturated rings. The number of ether oxygens (including phenoxy) is 1. The number of fused-ring (bicyclic) bond motifs is 1. The Morgan fingerprint density at radius 1 is 1.05 bits per heavy atom. The van der Waals surface area contributed by atoms with Gasteiger partial charge in [-0.25, -0.2) is 4.79 Å². The second-order valence-electron chi connectivity index (χ2n) is 5.61. The molecule has 2 aromatic carbocycles. The molecule has 22 heavy (non-hydrogen) atoms. The van der Waals surface area contributed by atoms with Crippen molar-refractivity contribution in [2.45, 2.75) is 26.4 Å². The first-order chi connectivity index (χ1) is 10.6. The van der Waals surface area contributed by atoms with Crippen molar-refractivity contribution in [1.82, 2.24) is 0 Å². The van der Waals surface area contributed by atoms with Crippen LogP contribution in [0.25, 0.3) is 11.0 Å². The van der Waals surface area contributed by atoms with Crippen LogP contribution in [0.2, 0.25) is 0 Å². The fourth-order valence-corrected chi connectivity index (χ4v) is 2.48. The molecule has 3 nitrogen and oxygen atoms in total. The highest BCUT2D eigenvalue weighted by atomic mass is 16.5. The average Bonchev–Trinajstić information content (AvgIpc) is 2.52. The number of hydrogen-bond donors (Lipinski definition) is 0. The molecule has 0 aliphatic heterocycles. The Morgan fingerprint density at radius 2 is 1.82 bits per heavy atom. The molecule has 3 aromatic rings. The van der Waals surface area contributed by atoms with Crippen LogP contribution in [0, 0.1) is 0 Å². The van der Waals surface area contributed by atoms with Crippen LogP contribution in [0.3, 0.4) is 0 Å². The van der Waals surface area contributed by atoms with Crippen LogP contribution in [-0.4, -0.2) is 0 Å². The van der Waals surface area contributed by atoms with Crippen molar-refractivity contribution in [3.63, 3.8) is 0 Å². The van der Waals surface area contributed by atoms with E-state index >= 15 is 0 Å². The smallest absolute Gasteiger partial charge is 0.336 e. The normalized spacial score (nSPS) is 11.0. The fourth-order valence-electron chi connectivity index (χ4n) is 2.48. The van der Waals surface area contributed by atoms with Crippen LogP contribution in [0.5, 0.6) is 5.75 Å². The zero-order valence-corrected chi connectivity index (χ0v) is 12.7. The molecular formula is C19H18O3. The van der Waals surface area contributed by atoms with E-state index in [4.69, 9.17) is 9.15 Å². The lowest BCUT2D eigenvalue weighted by atomic mass is 10.00. The number of hydrogen-bond acceptors (Lipinski definition) is 3. The van der Waals surface area contributed by atoms with Gasteiger partial charge in [-0.3, -0.25) is 0 Å². The molecule has 0 aliphatic carbocycles. The largest absolute Gasteiger partial charge is 0.489 e. The van der Waals surface area contributed by atoms with Gasteiger partial charge in [0.2, 0.25) is 0 Å². The summed E-state index contributed by atoms with van der Waals surface area (Å²) in [4.78, 5) is 11.7. The number of benzene rings is 2. The lowest BCUT2D eigenvalue weighted by Gasteiger charge is -2.10. The molecule has 3 rings (SSSR count). The predicted molar refractivity (Wildman–Crippen MR) is 87.3 cm³/mol. The Morgan fingerprint density at radius 3 is 2.55 bits per heavy atom. The van der Waals surface area contributed by atoms with Gasteiger partial charge in [-0.05, 0) is 29.2 Å². The van der Waals surface area contributed by atoms with Crippen LogP contribution in [0.15, 0.2) is 63.8 Å². The Balaban J connectivity index is 1.91. The molecule has 0 bridgehead atoms. The summed E-state index contributed by atoms with van der Waals surface area (Å²) in [5.74, 6) is 0.961. The van der Waals surface area contributed by atoms with Gasteiger partial charge in [-0.1, -0.05) is 44.2 Å². The summed E-state index contributed by atoms with van der Waals surface area (Å²) >= 11 is 0. The maximum absolute atomic E-state index is 11.7. The van der Waals surface area contributed by atoms with E-state index in [1.807, 2.05) is 42.5 Å². The van der Waals surface area contributed by atoms with Gasteiger partial charge in [0.15, 0.2) is 0 Å². The Labute approximate surface area is 129 Å².